The molecule has 1 amide bonds. The van der Waals surface area contributed by atoms with Crippen LogP contribution in [0.25, 0.3) is 22.9 Å². The number of hydrogen-bond acceptors (Lipinski definition) is 3. The molecule has 4 rings (SSSR count). The van der Waals surface area contributed by atoms with Gasteiger partial charge >= 0.3 is 0 Å². The molecular formula is C22H18N4O. The van der Waals surface area contributed by atoms with Crippen LogP contribution in [0.1, 0.15) is 11.1 Å². The fourth-order valence-corrected chi connectivity index (χ4v) is 2.79. The van der Waals surface area contributed by atoms with Gasteiger partial charge in [0.05, 0.1) is 11.0 Å². The summed E-state index contributed by atoms with van der Waals surface area (Å²) >= 11 is 0. The quantitative estimate of drug-likeness (QED) is 0.555. The van der Waals surface area contributed by atoms with Crippen LogP contribution in [0.3, 0.4) is 0 Å². The third kappa shape index (κ3) is 3.93. The highest BCUT2D eigenvalue weighted by atomic mass is 16.1. The van der Waals surface area contributed by atoms with Gasteiger partial charge in [-0.2, -0.15) is 0 Å². The Hall–Kier alpha value is -3.73. The molecule has 5 nitrogen and oxygen atoms in total. The van der Waals surface area contributed by atoms with Crippen molar-refractivity contribution in [1.29, 1.82) is 0 Å². The van der Waals surface area contributed by atoms with Crippen LogP contribution in [0.15, 0.2) is 85.3 Å². The third-order valence-electron chi connectivity index (χ3n) is 4.20. The molecule has 0 radical (unpaired) electrons. The predicted molar refractivity (Wildman–Crippen MR) is 106 cm³/mol. The Bertz CT molecular complexity index is 1080. The lowest BCUT2D eigenvalue weighted by molar-refractivity contribution is -0.116. The number of nitrogens with one attached hydrogen (secondary N) is 1. The van der Waals surface area contributed by atoms with Crippen molar-refractivity contribution < 1.29 is 4.79 Å². The Balaban J connectivity index is 1.39. The average Bonchev–Trinajstić information content (AvgIpc) is 3.16. The molecule has 0 atom stereocenters. The Morgan fingerprint density at radius 2 is 1.78 bits per heavy atom. The van der Waals surface area contributed by atoms with Crippen molar-refractivity contribution in [2.75, 3.05) is 0 Å². The van der Waals surface area contributed by atoms with E-state index >= 15 is 0 Å². The summed E-state index contributed by atoms with van der Waals surface area (Å²) in [5.74, 6) is 0.659. The molecule has 4 aromatic rings. The van der Waals surface area contributed by atoms with E-state index in [1.165, 1.54) is 6.08 Å². The summed E-state index contributed by atoms with van der Waals surface area (Å²) in [6, 6.07) is 21.5. The minimum absolute atomic E-state index is 0.136. The summed E-state index contributed by atoms with van der Waals surface area (Å²) < 4.78 is 1.94. The molecule has 0 saturated carbocycles. The first-order valence-corrected chi connectivity index (χ1v) is 8.68. The van der Waals surface area contributed by atoms with Crippen LogP contribution in [-0.4, -0.2) is 20.4 Å². The van der Waals surface area contributed by atoms with Gasteiger partial charge in [-0.25, -0.2) is 9.97 Å². The Morgan fingerprint density at radius 1 is 0.963 bits per heavy atom. The molecule has 0 aliphatic heterocycles. The molecule has 2 aromatic heterocycles. The minimum atomic E-state index is -0.136. The summed E-state index contributed by atoms with van der Waals surface area (Å²) in [4.78, 5) is 20.8. The van der Waals surface area contributed by atoms with Crippen molar-refractivity contribution in [3.05, 3.63) is 96.5 Å². The number of rotatable bonds is 5. The summed E-state index contributed by atoms with van der Waals surface area (Å²) in [7, 11) is 0. The smallest absolute Gasteiger partial charge is 0.244 e. The molecule has 0 spiro atoms. The minimum Gasteiger partial charge on any atom is -0.348 e. The van der Waals surface area contributed by atoms with Gasteiger partial charge in [0.25, 0.3) is 0 Å². The number of benzene rings is 2. The standard InChI is InChI=1S/C22H18N4O/c27-22(13-11-17-6-2-1-3-7-17)24-15-18-10-12-21(23-14-18)26-16-25-19-8-4-5-9-20(19)26/h1-14,16H,15H2,(H,24,27)/b13-11+. The molecule has 0 saturated heterocycles. The predicted octanol–water partition coefficient (Wildman–Crippen LogP) is 3.75. The van der Waals surface area contributed by atoms with Crippen LogP contribution < -0.4 is 5.32 Å². The van der Waals surface area contributed by atoms with Crippen molar-refractivity contribution in [1.82, 2.24) is 19.9 Å². The lowest BCUT2D eigenvalue weighted by Gasteiger charge is -2.06. The third-order valence-corrected chi connectivity index (χ3v) is 4.20. The maximum absolute atomic E-state index is 12.0. The van der Waals surface area contributed by atoms with E-state index in [2.05, 4.69) is 15.3 Å². The van der Waals surface area contributed by atoms with Crippen LogP contribution in [-0.2, 0) is 11.3 Å². The fraction of sp³-hybridized carbons (Fsp3) is 0.0455. The molecule has 2 heterocycles. The second-order valence-electron chi connectivity index (χ2n) is 6.09. The molecule has 0 unspecified atom stereocenters. The maximum atomic E-state index is 12.0. The molecule has 0 bridgehead atoms. The second kappa shape index (κ2) is 7.66. The number of amides is 1. The van der Waals surface area contributed by atoms with E-state index in [-0.39, 0.29) is 5.91 Å². The van der Waals surface area contributed by atoms with E-state index in [0.717, 1.165) is 28.0 Å². The Morgan fingerprint density at radius 3 is 2.59 bits per heavy atom. The molecular weight excluding hydrogens is 336 g/mol. The van der Waals surface area contributed by atoms with E-state index in [1.807, 2.05) is 71.3 Å². The number of pyridine rings is 1. The number of imidazole rings is 1. The van der Waals surface area contributed by atoms with E-state index in [9.17, 15) is 4.79 Å². The molecule has 27 heavy (non-hydrogen) atoms. The number of carbonyl (C=O) groups is 1. The van der Waals surface area contributed by atoms with Gasteiger partial charge < -0.3 is 5.32 Å². The van der Waals surface area contributed by atoms with E-state index in [0.29, 0.717) is 6.54 Å². The van der Waals surface area contributed by atoms with Gasteiger partial charge in [0, 0.05) is 18.8 Å². The lowest BCUT2D eigenvalue weighted by atomic mass is 10.2. The van der Waals surface area contributed by atoms with Crippen LogP contribution in [0.2, 0.25) is 0 Å². The van der Waals surface area contributed by atoms with Crippen molar-refractivity contribution in [3.8, 4) is 5.82 Å². The summed E-state index contributed by atoms with van der Waals surface area (Å²) in [6.45, 7) is 0.427. The Labute approximate surface area is 157 Å². The van der Waals surface area contributed by atoms with Gasteiger partial charge in [-0.15, -0.1) is 0 Å². The van der Waals surface area contributed by atoms with Gasteiger partial charge in [0.15, 0.2) is 0 Å². The van der Waals surface area contributed by atoms with Gasteiger partial charge in [0.2, 0.25) is 5.91 Å². The van der Waals surface area contributed by atoms with Crippen molar-refractivity contribution in [2.45, 2.75) is 6.54 Å². The van der Waals surface area contributed by atoms with Crippen LogP contribution in [0.5, 0.6) is 0 Å². The summed E-state index contributed by atoms with van der Waals surface area (Å²) in [5.41, 5.74) is 3.87. The number of nitrogens with zero attached hydrogens (tertiary/aromatic N) is 3. The maximum Gasteiger partial charge on any atom is 0.244 e. The van der Waals surface area contributed by atoms with Gasteiger partial charge in [-0.3, -0.25) is 9.36 Å². The first-order chi connectivity index (χ1) is 13.3. The van der Waals surface area contributed by atoms with Crippen molar-refractivity contribution >= 4 is 23.0 Å². The number of aromatic nitrogens is 3. The van der Waals surface area contributed by atoms with Crippen LogP contribution in [0, 0.1) is 0 Å². The van der Waals surface area contributed by atoms with Crippen LogP contribution in [0.4, 0.5) is 0 Å². The number of para-hydroxylation sites is 2. The number of hydrogen-bond donors (Lipinski definition) is 1. The van der Waals surface area contributed by atoms with Crippen LogP contribution >= 0.6 is 0 Å². The SMILES string of the molecule is O=C(/C=C/c1ccccc1)NCc1ccc(-n2cnc3ccccc32)nc1. The van der Waals surface area contributed by atoms with Crippen molar-refractivity contribution in [2.24, 2.45) is 0 Å². The molecule has 0 aliphatic rings. The largest absolute Gasteiger partial charge is 0.348 e. The second-order valence-corrected chi connectivity index (χ2v) is 6.09. The van der Waals surface area contributed by atoms with Crippen molar-refractivity contribution in [3.63, 3.8) is 0 Å². The van der Waals surface area contributed by atoms with Gasteiger partial charge in [0.1, 0.15) is 12.1 Å². The zero-order valence-corrected chi connectivity index (χ0v) is 14.6. The van der Waals surface area contributed by atoms with Gasteiger partial charge in [-0.1, -0.05) is 48.5 Å². The molecule has 0 aliphatic carbocycles. The van der Waals surface area contributed by atoms with E-state index in [4.69, 9.17) is 0 Å². The first kappa shape index (κ1) is 16.7. The zero-order chi connectivity index (χ0) is 18.5. The topological polar surface area (TPSA) is 59.8 Å². The molecule has 1 N–H and O–H groups in total. The monoisotopic (exact) mass is 354 g/mol. The normalized spacial score (nSPS) is 11.1. The van der Waals surface area contributed by atoms with E-state index < -0.39 is 0 Å². The summed E-state index contributed by atoms with van der Waals surface area (Å²) in [6.07, 6.45) is 6.86. The first-order valence-electron chi connectivity index (χ1n) is 8.68. The molecule has 132 valence electrons. The highest BCUT2D eigenvalue weighted by Crippen LogP contribution is 2.16. The number of fused-ring (bicyclic) bond motifs is 1. The fourth-order valence-electron chi connectivity index (χ4n) is 2.79. The Kier molecular flexibility index (Phi) is 4.74. The molecule has 5 heteroatoms. The van der Waals surface area contributed by atoms with E-state index in [1.54, 1.807) is 18.6 Å². The summed E-state index contributed by atoms with van der Waals surface area (Å²) in [5, 5.41) is 2.87. The lowest BCUT2D eigenvalue weighted by Crippen LogP contribution is -2.20. The molecule has 0 fully saturated rings. The average molecular weight is 354 g/mol. The molecule has 2 aromatic carbocycles. The highest BCUT2D eigenvalue weighted by Gasteiger charge is 2.05. The van der Waals surface area contributed by atoms with Gasteiger partial charge in [-0.05, 0) is 35.4 Å². The zero-order valence-electron chi connectivity index (χ0n) is 14.6. The highest BCUT2D eigenvalue weighted by molar-refractivity contribution is 5.91. The number of carbonyl (C=O) groups excluding carboxylic acids is 1.